The SMILES string of the molecule is O=C(c1ccn(-c2ccc([N+](=O)[O-])cc2)n1)N(Cc1ccco1)CC(F)(F)F. The van der Waals surface area contributed by atoms with Gasteiger partial charge >= 0.3 is 6.18 Å². The molecule has 0 aliphatic heterocycles. The number of benzene rings is 1. The highest BCUT2D eigenvalue weighted by Gasteiger charge is 2.34. The van der Waals surface area contributed by atoms with Crippen molar-refractivity contribution >= 4 is 11.6 Å². The van der Waals surface area contributed by atoms with Gasteiger partial charge in [-0.25, -0.2) is 4.68 Å². The third kappa shape index (κ3) is 4.55. The topological polar surface area (TPSA) is 94.4 Å². The fourth-order valence-electron chi connectivity index (χ4n) is 2.48. The average molecular weight is 394 g/mol. The summed E-state index contributed by atoms with van der Waals surface area (Å²) in [6.45, 7) is -1.83. The third-order valence-electron chi connectivity index (χ3n) is 3.72. The van der Waals surface area contributed by atoms with E-state index < -0.39 is 23.6 Å². The summed E-state index contributed by atoms with van der Waals surface area (Å²) in [5.41, 5.74) is 0.0919. The van der Waals surface area contributed by atoms with Crippen molar-refractivity contribution in [1.82, 2.24) is 14.7 Å². The maximum absolute atomic E-state index is 12.9. The summed E-state index contributed by atoms with van der Waals surface area (Å²) in [6, 6.07) is 9.58. The second-order valence-corrected chi connectivity index (χ2v) is 5.77. The van der Waals surface area contributed by atoms with Crippen molar-refractivity contribution in [3.05, 3.63) is 76.5 Å². The van der Waals surface area contributed by atoms with Gasteiger partial charge in [-0.1, -0.05) is 0 Å². The predicted molar refractivity (Wildman–Crippen MR) is 89.7 cm³/mol. The zero-order valence-electron chi connectivity index (χ0n) is 14.2. The van der Waals surface area contributed by atoms with Gasteiger partial charge in [-0.3, -0.25) is 14.9 Å². The number of furan rings is 1. The van der Waals surface area contributed by atoms with Gasteiger partial charge in [-0.15, -0.1) is 0 Å². The number of aromatic nitrogens is 2. The van der Waals surface area contributed by atoms with Crippen molar-refractivity contribution < 1.29 is 27.3 Å². The molecule has 0 aliphatic carbocycles. The number of carbonyl (C=O) groups excluding carboxylic acids is 1. The molecule has 8 nitrogen and oxygen atoms in total. The molecule has 1 aromatic carbocycles. The van der Waals surface area contributed by atoms with E-state index in [-0.39, 0.29) is 23.7 Å². The van der Waals surface area contributed by atoms with Gasteiger partial charge in [0.15, 0.2) is 5.69 Å². The Morgan fingerprint density at radius 3 is 2.50 bits per heavy atom. The number of nitro benzene ring substituents is 1. The normalized spacial score (nSPS) is 11.4. The first-order chi connectivity index (χ1) is 13.2. The second-order valence-electron chi connectivity index (χ2n) is 5.77. The lowest BCUT2D eigenvalue weighted by Gasteiger charge is -2.22. The molecule has 2 heterocycles. The van der Waals surface area contributed by atoms with Gasteiger partial charge in [0, 0.05) is 18.3 Å². The van der Waals surface area contributed by atoms with Crippen LogP contribution in [0.15, 0.2) is 59.3 Å². The Balaban J connectivity index is 1.82. The van der Waals surface area contributed by atoms with Crippen molar-refractivity contribution in [3.63, 3.8) is 0 Å². The quantitative estimate of drug-likeness (QED) is 0.471. The summed E-state index contributed by atoms with van der Waals surface area (Å²) >= 11 is 0. The van der Waals surface area contributed by atoms with Crippen molar-refractivity contribution in [2.75, 3.05) is 6.54 Å². The fraction of sp³-hybridized carbons (Fsp3) is 0.176. The maximum atomic E-state index is 12.9. The minimum Gasteiger partial charge on any atom is -0.467 e. The summed E-state index contributed by atoms with van der Waals surface area (Å²) in [5.74, 6) is -0.721. The van der Waals surface area contributed by atoms with Crippen molar-refractivity contribution in [2.24, 2.45) is 0 Å². The molecule has 0 radical (unpaired) electrons. The largest absolute Gasteiger partial charge is 0.467 e. The Bertz CT molecular complexity index is 965. The van der Waals surface area contributed by atoms with E-state index in [1.165, 1.54) is 59.6 Å². The van der Waals surface area contributed by atoms with Crippen LogP contribution in [0.4, 0.5) is 18.9 Å². The van der Waals surface area contributed by atoms with Crippen LogP contribution in [0, 0.1) is 10.1 Å². The van der Waals surface area contributed by atoms with Crippen LogP contribution in [-0.2, 0) is 6.54 Å². The summed E-state index contributed by atoms with van der Waals surface area (Å²) < 4.78 is 44.9. The van der Waals surface area contributed by atoms with Crippen LogP contribution in [0.2, 0.25) is 0 Å². The maximum Gasteiger partial charge on any atom is 0.406 e. The van der Waals surface area contributed by atoms with Gasteiger partial charge in [0.1, 0.15) is 12.3 Å². The molecule has 11 heteroatoms. The molecule has 0 spiro atoms. The highest BCUT2D eigenvalue weighted by atomic mass is 19.4. The van der Waals surface area contributed by atoms with Crippen molar-refractivity contribution in [2.45, 2.75) is 12.7 Å². The molecule has 0 aliphatic rings. The van der Waals surface area contributed by atoms with Crippen LogP contribution in [0.5, 0.6) is 0 Å². The fourth-order valence-corrected chi connectivity index (χ4v) is 2.48. The Morgan fingerprint density at radius 1 is 1.21 bits per heavy atom. The number of alkyl halides is 3. The molecule has 0 unspecified atom stereocenters. The molecule has 0 bridgehead atoms. The smallest absolute Gasteiger partial charge is 0.406 e. The summed E-state index contributed by atoms with van der Waals surface area (Å²) in [7, 11) is 0. The first-order valence-electron chi connectivity index (χ1n) is 7.92. The lowest BCUT2D eigenvalue weighted by Crippen LogP contribution is -2.38. The van der Waals surface area contributed by atoms with E-state index in [2.05, 4.69) is 5.10 Å². The van der Waals surface area contributed by atoms with Crippen molar-refractivity contribution in [1.29, 1.82) is 0 Å². The summed E-state index contributed by atoms with van der Waals surface area (Å²) in [5, 5.41) is 14.7. The number of carbonyl (C=O) groups is 1. The molecular weight excluding hydrogens is 381 g/mol. The van der Waals surface area contributed by atoms with E-state index in [0.29, 0.717) is 10.6 Å². The second kappa shape index (κ2) is 7.55. The van der Waals surface area contributed by atoms with Crippen LogP contribution in [0.1, 0.15) is 16.2 Å². The molecule has 3 rings (SSSR count). The molecule has 0 fully saturated rings. The number of amides is 1. The van der Waals surface area contributed by atoms with E-state index in [1.54, 1.807) is 0 Å². The highest BCUT2D eigenvalue weighted by Crippen LogP contribution is 2.21. The Hall–Kier alpha value is -3.63. The number of rotatable bonds is 6. The first kappa shape index (κ1) is 19.1. The van der Waals surface area contributed by atoms with Gasteiger partial charge in [-0.05, 0) is 30.3 Å². The molecule has 2 aromatic heterocycles. The van der Waals surface area contributed by atoms with Gasteiger partial charge in [0.25, 0.3) is 11.6 Å². The number of nitrogens with zero attached hydrogens (tertiary/aromatic N) is 4. The molecule has 146 valence electrons. The Labute approximate surface area is 155 Å². The number of halogens is 3. The average Bonchev–Trinajstić information content (AvgIpc) is 3.31. The van der Waals surface area contributed by atoms with E-state index in [4.69, 9.17) is 4.42 Å². The Kier molecular flexibility index (Phi) is 5.16. The molecule has 1 amide bonds. The monoisotopic (exact) mass is 394 g/mol. The van der Waals surface area contributed by atoms with Gasteiger partial charge in [-0.2, -0.15) is 18.3 Å². The predicted octanol–water partition coefficient (Wildman–Crippen LogP) is 3.58. The van der Waals surface area contributed by atoms with Crippen molar-refractivity contribution in [3.8, 4) is 5.69 Å². The number of non-ortho nitro benzene ring substituents is 1. The molecular formula is C17H13F3N4O4. The van der Waals surface area contributed by atoms with Crippen LogP contribution >= 0.6 is 0 Å². The number of hydrogen-bond acceptors (Lipinski definition) is 5. The van der Waals surface area contributed by atoms with Crippen LogP contribution < -0.4 is 0 Å². The molecule has 28 heavy (non-hydrogen) atoms. The van der Waals surface area contributed by atoms with E-state index in [0.717, 1.165) is 0 Å². The highest BCUT2D eigenvalue weighted by molar-refractivity contribution is 5.92. The minimum absolute atomic E-state index is 0.123. The summed E-state index contributed by atoms with van der Waals surface area (Å²) in [6.07, 6.45) is -1.91. The van der Waals surface area contributed by atoms with Crippen LogP contribution in [0.3, 0.4) is 0 Å². The zero-order chi connectivity index (χ0) is 20.3. The first-order valence-corrected chi connectivity index (χ1v) is 7.92. The lowest BCUT2D eigenvalue weighted by atomic mass is 10.3. The number of hydrogen-bond donors (Lipinski definition) is 0. The van der Waals surface area contributed by atoms with E-state index in [1.807, 2.05) is 0 Å². The standard InChI is InChI=1S/C17H13F3N4O4/c18-17(19,20)11-22(10-14-2-1-9-28-14)16(25)15-7-8-23(21-15)12-3-5-13(6-4-12)24(26)27/h1-9H,10-11H2. The van der Waals surface area contributed by atoms with E-state index in [9.17, 15) is 28.1 Å². The third-order valence-corrected chi connectivity index (χ3v) is 3.72. The molecule has 0 N–H and O–H groups in total. The van der Waals surface area contributed by atoms with Gasteiger partial charge < -0.3 is 9.32 Å². The molecule has 0 saturated carbocycles. The molecule has 0 atom stereocenters. The molecule has 0 saturated heterocycles. The van der Waals surface area contributed by atoms with Crippen LogP contribution in [-0.4, -0.2) is 38.2 Å². The minimum atomic E-state index is -4.59. The Morgan fingerprint density at radius 2 is 1.93 bits per heavy atom. The van der Waals surface area contributed by atoms with Crippen LogP contribution in [0.25, 0.3) is 5.69 Å². The molecule has 3 aromatic rings. The van der Waals surface area contributed by atoms with E-state index >= 15 is 0 Å². The summed E-state index contributed by atoms with van der Waals surface area (Å²) in [4.78, 5) is 23.3. The lowest BCUT2D eigenvalue weighted by molar-refractivity contribution is -0.384. The number of nitro groups is 1. The zero-order valence-corrected chi connectivity index (χ0v) is 14.2. The van der Waals surface area contributed by atoms with Gasteiger partial charge in [0.05, 0.1) is 23.4 Å². The van der Waals surface area contributed by atoms with Gasteiger partial charge in [0.2, 0.25) is 0 Å².